The van der Waals surface area contributed by atoms with Crippen molar-refractivity contribution in [2.75, 3.05) is 13.1 Å². The maximum atomic E-state index is 6.06. The summed E-state index contributed by atoms with van der Waals surface area (Å²) in [5, 5.41) is 0. The van der Waals surface area contributed by atoms with E-state index in [1.807, 2.05) is 0 Å². The van der Waals surface area contributed by atoms with Gasteiger partial charge in [-0.1, -0.05) is 27.7 Å². The minimum Gasteiger partial charge on any atom is -0.329 e. The fourth-order valence-corrected chi connectivity index (χ4v) is 2.79. The molecule has 1 aliphatic carbocycles. The molecule has 1 saturated carbocycles. The molecule has 0 aliphatic heterocycles. The van der Waals surface area contributed by atoms with Gasteiger partial charge < -0.3 is 5.73 Å². The van der Waals surface area contributed by atoms with E-state index in [0.717, 1.165) is 24.4 Å². The third-order valence-corrected chi connectivity index (χ3v) is 3.53. The molecule has 0 spiro atoms. The van der Waals surface area contributed by atoms with Gasteiger partial charge in [0.15, 0.2) is 0 Å². The lowest BCUT2D eigenvalue weighted by atomic mass is 9.88. The van der Waals surface area contributed by atoms with Gasteiger partial charge in [-0.3, -0.25) is 4.90 Å². The number of hydrogen-bond donors (Lipinski definition) is 1. The Morgan fingerprint density at radius 1 is 1.19 bits per heavy atom. The molecule has 2 N–H and O–H groups in total. The first-order valence-electron chi connectivity index (χ1n) is 6.86. The Hall–Kier alpha value is -0.0800. The molecule has 1 unspecified atom stereocenters. The topological polar surface area (TPSA) is 29.3 Å². The predicted octanol–water partition coefficient (Wildman–Crippen LogP) is 2.87. The van der Waals surface area contributed by atoms with Crippen molar-refractivity contribution in [3.05, 3.63) is 0 Å². The summed E-state index contributed by atoms with van der Waals surface area (Å²) in [6, 6.07) is 0.815. The minimum absolute atomic E-state index is 0.208. The van der Waals surface area contributed by atoms with Gasteiger partial charge in [-0.15, -0.1) is 0 Å². The van der Waals surface area contributed by atoms with Crippen molar-refractivity contribution >= 4 is 0 Å². The molecule has 0 heterocycles. The Labute approximate surface area is 102 Å². The zero-order chi connectivity index (χ0) is 12.3. The molecular formula is C14H30N2. The second kappa shape index (κ2) is 5.50. The molecule has 1 atom stereocenters. The summed E-state index contributed by atoms with van der Waals surface area (Å²) in [6.45, 7) is 13.6. The highest BCUT2D eigenvalue weighted by molar-refractivity contribution is 4.97. The Bertz CT molecular complexity index is 209. The summed E-state index contributed by atoms with van der Waals surface area (Å²) < 4.78 is 0. The van der Waals surface area contributed by atoms with Crippen molar-refractivity contribution < 1.29 is 0 Å². The quantitative estimate of drug-likeness (QED) is 0.723. The minimum atomic E-state index is 0.208. The van der Waals surface area contributed by atoms with Crippen LogP contribution in [0.4, 0.5) is 0 Å². The standard InChI is InChI=1S/C14H30N2/c1-11(2)8-14(5,10-15)16(9-12(3)4)13-6-7-13/h11-13H,6-10,15H2,1-5H3. The monoisotopic (exact) mass is 226 g/mol. The van der Waals surface area contributed by atoms with Crippen molar-refractivity contribution in [3.63, 3.8) is 0 Å². The maximum Gasteiger partial charge on any atom is 0.0309 e. The van der Waals surface area contributed by atoms with Gasteiger partial charge in [-0.25, -0.2) is 0 Å². The number of rotatable bonds is 7. The number of hydrogen-bond acceptors (Lipinski definition) is 2. The summed E-state index contributed by atoms with van der Waals surface area (Å²) in [7, 11) is 0. The second-order valence-electron chi connectivity index (χ2n) is 6.58. The molecule has 16 heavy (non-hydrogen) atoms. The van der Waals surface area contributed by atoms with Gasteiger partial charge in [0.2, 0.25) is 0 Å². The van der Waals surface area contributed by atoms with Gasteiger partial charge in [0.25, 0.3) is 0 Å². The zero-order valence-electron chi connectivity index (χ0n) is 11.8. The Morgan fingerprint density at radius 2 is 1.75 bits per heavy atom. The van der Waals surface area contributed by atoms with Crippen molar-refractivity contribution in [1.29, 1.82) is 0 Å². The highest BCUT2D eigenvalue weighted by Crippen LogP contribution is 2.36. The van der Waals surface area contributed by atoms with Gasteiger partial charge in [-0.05, 0) is 38.0 Å². The summed E-state index contributed by atoms with van der Waals surface area (Å²) in [4.78, 5) is 2.69. The van der Waals surface area contributed by atoms with Crippen LogP contribution in [0.1, 0.15) is 53.9 Å². The molecule has 0 amide bonds. The summed E-state index contributed by atoms with van der Waals surface area (Å²) in [5.41, 5.74) is 6.26. The average Bonchev–Trinajstić information content (AvgIpc) is 2.95. The van der Waals surface area contributed by atoms with E-state index in [-0.39, 0.29) is 5.54 Å². The number of nitrogens with two attached hydrogens (primary N) is 1. The molecule has 1 aliphatic rings. The van der Waals surface area contributed by atoms with Crippen molar-refractivity contribution in [2.24, 2.45) is 17.6 Å². The van der Waals surface area contributed by atoms with Crippen LogP contribution >= 0.6 is 0 Å². The molecule has 0 saturated heterocycles. The fourth-order valence-electron chi connectivity index (χ4n) is 2.79. The largest absolute Gasteiger partial charge is 0.329 e. The molecular weight excluding hydrogens is 196 g/mol. The van der Waals surface area contributed by atoms with Crippen LogP contribution in [0.2, 0.25) is 0 Å². The van der Waals surface area contributed by atoms with Crippen LogP contribution in [-0.4, -0.2) is 29.6 Å². The molecule has 0 aromatic carbocycles. The van der Waals surface area contributed by atoms with Crippen LogP contribution in [-0.2, 0) is 0 Å². The third-order valence-electron chi connectivity index (χ3n) is 3.53. The molecule has 1 fully saturated rings. The molecule has 1 rings (SSSR count). The lowest BCUT2D eigenvalue weighted by Crippen LogP contribution is -2.54. The molecule has 2 nitrogen and oxygen atoms in total. The molecule has 2 heteroatoms. The van der Waals surface area contributed by atoms with E-state index in [1.54, 1.807) is 0 Å². The van der Waals surface area contributed by atoms with Crippen LogP contribution in [0, 0.1) is 11.8 Å². The van der Waals surface area contributed by atoms with E-state index in [1.165, 1.54) is 25.8 Å². The van der Waals surface area contributed by atoms with E-state index < -0.39 is 0 Å². The van der Waals surface area contributed by atoms with Crippen LogP contribution in [0.3, 0.4) is 0 Å². The van der Waals surface area contributed by atoms with Gasteiger partial charge in [0, 0.05) is 24.7 Å². The van der Waals surface area contributed by atoms with E-state index in [2.05, 4.69) is 39.5 Å². The van der Waals surface area contributed by atoms with Crippen molar-refractivity contribution in [1.82, 2.24) is 4.90 Å². The van der Waals surface area contributed by atoms with Crippen LogP contribution in [0.5, 0.6) is 0 Å². The lowest BCUT2D eigenvalue weighted by Gasteiger charge is -2.43. The molecule has 96 valence electrons. The second-order valence-corrected chi connectivity index (χ2v) is 6.58. The lowest BCUT2D eigenvalue weighted by molar-refractivity contribution is 0.0679. The van der Waals surface area contributed by atoms with Gasteiger partial charge >= 0.3 is 0 Å². The smallest absolute Gasteiger partial charge is 0.0309 e. The van der Waals surface area contributed by atoms with Gasteiger partial charge in [0.05, 0.1) is 0 Å². The summed E-state index contributed by atoms with van der Waals surface area (Å²) in [6.07, 6.45) is 3.97. The first-order valence-corrected chi connectivity index (χ1v) is 6.86. The van der Waals surface area contributed by atoms with Gasteiger partial charge in [0.1, 0.15) is 0 Å². The maximum absolute atomic E-state index is 6.06. The average molecular weight is 226 g/mol. The van der Waals surface area contributed by atoms with E-state index in [4.69, 9.17) is 5.73 Å². The Kier molecular flexibility index (Phi) is 4.81. The Balaban J connectivity index is 2.71. The van der Waals surface area contributed by atoms with E-state index in [9.17, 15) is 0 Å². The van der Waals surface area contributed by atoms with E-state index in [0.29, 0.717) is 0 Å². The zero-order valence-corrected chi connectivity index (χ0v) is 11.8. The highest BCUT2D eigenvalue weighted by atomic mass is 15.3. The van der Waals surface area contributed by atoms with Crippen LogP contribution < -0.4 is 5.73 Å². The van der Waals surface area contributed by atoms with Crippen molar-refractivity contribution in [2.45, 2.75) is 65.5 Å². The predicted molar refractivity (Wildman–Crippen MR) is 71.5 cm³/mol. The summed E-state index contributed by atoms with van der Waals surface area (Å²) >= 11 is 0. The molecule has 0 radical (unpaired) electrons. The SMILES string of the molecule is CC(C)CN(C1CC1)C(C)(CN)CC(C)C. The Morgan fingerprint density at radius 3 is 2.06 bits per heavy atom. The summed E-state index contributed by atoms with van der Waals surface area (Å²) in [5.74, 6) is 1.46. The number of nitrogens with zero attached hydrogens (tertiary/aromatic N) is 1. The first kappa shape index (κ1) is 14.0. The normalized spacial score (nSPS) is 20.8. The highest BCUT2D eigenvalue weighted by Gasteiger charge is 2.40. The van der Waals surface area contributed by atoms with Gasteiger partial charge in [-0.2, -0.15) is 0 Å². The van der Waals surface area contributed by atoms with Crippen molar-refractivity contribution in [3.8, 4) is 0 Å². The third kappa shape index (κ3) is 3.74. The molecule has 0 bridgehead atoms. The first-order chi connectivity index (χ1) is 7.39. The van der Waals surface area contributed by atoms with Crippen LogP contribution in [0.15, 0.2) is 0 Å². The molecule has 0 aromatic heterocycles. The van der Waals surface area contributed by atoms with E-state index >= 15 is 0 Å². The van der Waals surface area contributed by atoms with Crippen LogP contribution in [0.25, 0.3) is 0 Å². The fraction of sp³-hybridized carbons (Fsp3) is 1.00. The molecule has 0 aromatic rings.